The molecule has 1 aromatic carbocycles. The van der Waals surface area contributed by atoms with E-state index in [1.165, 1.54) is 11.9 Å². The molecule has 1 aliphatic heterocycles. The van der Waals surface area contributed by atoms with E-state index >= 15 is 0 Å². The second-order valence-electron chi connectivity index (χ2n) is 7.42. The molecule has 1 aliphatic rings. The van der Waals surface area contributed by atoms with Crippen LogP contribution in [0.3, 0.4) is 0 Å². The molecule has 4 rings (SSSR count). The van der Waals surface area contributed by atoms with Crippen molar-refractivity contribution in [2.24, 2.45) is 0 Å². The Hall–Kier alpha value is -3.35. The summed E-state index contributed by atoms with van der Waals surface area (Å²) in [5.41, 5.74) is 3.75. The third-order valence-electron chi connectivity index (χ3n) is 5.12. The third-order valence-corrected chi connectivity index (χ3v) is 5.12. The highest BCUT2D eigenvalue weighted by Crippen LogP contribution is 2.29. The van der Waals surface area contributed by atoms with Crippen molar-refractivity contribution in [2.75, 3.05) is 18.4 Å². The van der Waals surface area contributed by atoms with Crippen molar-refractivity contribution in [2.45, 2.75) is 32.6 Å². The van der Waals surface area contributed by atoms with E-state index in [-0.39, 0.29) is 11.8 Å². The van der Waals surface area contributed by atoms with Gasteiger partial charge in [0.2, 0.25) is 5.91 Å². The molecule has 0 radical (unpaired) electrons. The summed E-state index contributed by atoms with van der Waals surface area (Å²) in [6.45, 7) is 5.12. The normalized spacial score (nSPS) is 16.5. The van der Waals surface area contributed by atoms with Gasteiger partial charge in [-0.05, 0) is 37.5 Å². The second-order valence-corrected chi connectivity index (χ2v) is 7.42. The van der Waals surface area contributed by atoms with Gasteiger partial charge in [0.25, 0.3) is 0 Å². The highest BCUT2D eigenvalue weighted by Gasteiger charge is 2.25. The molecule has 1 atom stereocenters. The molecule has 3 aromatic rings. The Labute approximate surface area is 170 Å². The maximum atomic E-state index is 11.9. The number of likely N-dealkylation sites (tertiary alicyclic amines) is 1. The molecule has 148 valence electrons. The molecular weight excluding hydrogens is 364 g/mol. The van der Waals surface area contributed by atoms with Gasteiger partial charge in [-0.25, -0.2) is 19.9 Å². The first-order chi connectivity index (χ1) is 14.1. The van der Waals surface area contributed by atoms with Crippen molar-refractivity contribution in [1.29, 1.82) is 0 Å². The van der Waals surface area contributed by atoms with Crippen LogP contribution in [0, 0.1) is 6.92 Å². The van der Waals surface area contributed by atoms with E-state index < -0.39 is 0 Å². The van der Waals surface area contributed by atoms with Gasteiger partial charge in [-0.1, -0.05) is 12.1 Å². The fourth-order valence-electron chi connectivity index (χ4n) is 3.64. The standard InChI is InChI=1S/C22H24N6O/c1-15-5-3-7-19(9-15)25-21-10-20(18-11-23-14-24-12-18)26-22(27-21)17-6-4-8-28(13-17)16(2)29/h3,5,7,9-12,14,17H,4,6,8,13H2,1-2H3,(H,25,26,27). The van der Waals surface area contributed by atoms with Crippen LogP contribution in [0.4, 0.5) is 11.5 Å². The molecule has 3 heterocycles. The van der Waals surface area contributed by atoms with Gasteiger partial charge in [0.15, 0.2) is 0 Å². The number of aryl methyl sites for hydroxylation is 1. The van der Waals surface area contributed by atoms with Gasteiger partial charge in [0.1, 0.15) is 18.0 Å². The van der Waals surface area contributed by atoms with E-state index in [0.29, 0.717) is 6.54 Å². The highest BCUT2D eigenvalue weighted by molar-refractivity contribution is 5.73. The van der Waals surface area contributed by atoms with Gasteiger partial charge in [0.05, 0.1) is 5.69 Å². The molecule has 7 nitrogen and oxygen atoms in total. The number of carbonyl (C=O) groups excluding carboxylic acids is 1. The van der Waals surface area contributed by atoms with E-state index in [2.05, 4.69) is 34.3 Å². The molecule has 0 bridgehead atoms. The average Bonchev–Trinajstić information content (AvgIpc) is 2.74. The summed E-state index contributed by atoms with van der Waals surface area (Å²) in [4.78, 5) is 31.6. The molecular formula is C22H24N6O. The summed E-state index contributed by atoms with van der Waals surface area (Å²) in [7, 11) is 0. The van der Waals surface area contributed by atoms with Crippen LogP contribution in [0.1, 0.15) is 37.1 Å². The van der Waals surface area contributed by atoms with Crippen LogP contribution in [0.15, 0.2) is 49.1 Å². The van der Waals surface area contributed by atoms with Gasteiger partial charge in [-0.2, -0.15) is 0 Å². The minimum absolute atomic E-state index is 0.0976. The molecule has 1 amide bonds. The highest BCUT2D eigenvalue weighted by atomic mass is 16.2. The Kier molecular flexibility index (Phi) is 5.46. The molecule has 7 heteroatoms. The van der Waals surface area contributed by atoms with Crippen LogP contribution in [0.2, 0.25) is 0 Å². The number of rotatable bonds is 4. The first-order valence-electron chi connectivity index (χ1n) is 9.82. The van der Waals surface area contributed by atoms with E-state index in [0.717, 1.165) is 48.0 Å². The number of nitrogens with zero attached hydrogens (tertiary/aromatic N) is 5. The van der Waals surface area contributed by atoms with E-state index in [9.17, 15) is 4.79 Å². The first-order valence-corrected chi connectivity index (χ1v) is 9.82. The number of aromatic nitrogens is 4. The third kappa shape index (κ3) is 4.56. The first kappa shape index (κ1) is 19.0. The number of hydrogen-bond acceptors (Lipinski definition) is 6. The molecule has 1 N–H and O–H groups in total. The fourth-order valence-corrected chi connectivity index (χ4v) is 3.64. The van der Waals surface area contributed by atoms with E-state index in [1.54, 1.807) is 19.3 Å². The summed E-state index contributed by atoms with van der Waals surface area (Å²) in [5, 5.41) is 3.40. The zero-order chi connectivity index (χ0) is 20.2. The molecule has 0 spiro atoms. The predicted molar refractivity (Wildman–Crippen MR) is 112 cm³/mol. The largest absolute Gasteiger partial charge is 0.342 e. The van der Waals surface area contributed by atoms with Crippen LogP contribution < -0.4 is 5.32 Å². The van der Waals surface area contributed by atoms with Crippen molar-refractivity contribution in [3.63, 3.8) is 0 Å². The molecule has 2 aromatic heterocycles. The molecule has 0 aliphatic carbocycles. The molecule has 29 heavy (non-hydrogen) atoms. The fraction of sp³-hybridized carbons (Fsp3) is 0.318. The Morgan fingerprint density at radius 3 is 2.76 bits per heavy atom. The van der Waals surface area contributed by atoms with Gasteiger partial charge in [0, 0.05) is 55.6 Å². The SMILES string of the molecule is CC(=O)N1CCCC(c2nc(Nc3cccc(C)c3)cc(-c3cncnc3)n2)C1. The van der Waals surface area contributed by atoms with Crippen molar-refractivity contribution in [1.82, 2.24) is 24.8 Å². The molecule has 1 saturated heterocycles. The van der Waals surface area contributed by atoms with Crippen LogP contribution >= 0.6 is 0 Å². The Morgan fingerprint density at radius 2 is 2.00 bits per heavy atom. The Bertz CT molecular complexity index is 1010. The summed E-state index contributed by atoms with van der Waals surface area (Å²) in [6, 6.07) is 10.1. The maximum Gasteiger partial charge on any atom is 0.219 e. The van der Waals surface area contributed by atoms with Crippen LogP contribution in [-0.4, -0.2) is 43.8 Å². The summed E-state index contributed by atoms with van der Waals surface area (Å²) >= 11 is 0. The quantitative estimate of drug-likeness (QED) is 0.733. The number of carbonyl (C=O) groups is 1. The van der Waals surface area contributed by atoms with Crippen molar-refractivity contribution >= 4 is 17.4 Å². The number of hydrogen-bond donors (Lipinski definition) is 1. The number of nitrogens with one attached hydrogen (secondary N) is 1. The lowest BCUT2D eigenvalue weighted by atomic mass is 9.97. The van der Waals surface area contributed by atoms with Crippen LogP contribution in [0.25, 0.3) is 11.3 Å². The maximum absolute atomic E-state index is 11.9. The zero-order valence-corrected chi connectivity index (χ0v) is 16.7. The number of benzene rings is 1. The van der Waals surface area contributed by atoms with Crippen molar-refractivity contribution in [3.05, 3.63) is 60.4 Å². The van der Waals surface area contributed by atoms with Crippen molar-refractivity contribution < 1.29 is 4.79 Å². The van der Waals surface area contributed by atoms with Gasteiger partial charge in [-0.15, -0.1) is 0 Å². The molecule has 0 saturated carbocycles. The summed E-state index contributed by atoms with van der Waals surface area (Å²) in [5.74, 6) is 1.67. The van der Waals surface area contributed by atoms with Gasteiger partial charge < -0.3 is 10.2 Å². The minimum Gasteiger partial charge on any atom is -0.342 e. The van der Waals surface area contributed by atoms with Crippen molar-refractivity contribution in [3.8, 4) is 11.3 Å². The lowest BCUT2D eigenvalue weighted by molar-refractivity contribution is -0.130. The minimum atomic E-state index is 0.0976. The Morgan fingerprint density at radius 1 is 1.17 bits per heavy atom. The summed E-state index contributed by atoms with van der Waals surface area (Å²) < 4.78 is 0. The smallest absolute Gasteiger partial charge is 0.219 e. The number of amides is 1. The number of anilines is 2. The Balaban J connectivity index is 1.71. The molecule has 1 unspecified atom stereocenters. The molecule has 1 fully saturated rings. The monoisotopic (exact) mass is 388 g/mol. The number of piperidine rings is 1. The zero-order valence-electron chi connectivity index (χ0n) is 16.7. The van der Waals surface area contributed by atoms with E-state index in [4.69, 9.17) is 9.97 Å². The van der Waals surface area contributed by atoms with Crippen LogP contribution in [0.5, 0.6) is 0 Å². The van der Waals surface area contributed by atoms with Crippen LogP contribution in [-0.2, 0) is 4.79 Å². The van der Waals surface area contributed by atoms with Gasteiger partial charge >= 0.3 is 0 Å². The topological polar surface area (TPSA) is 83.9 Å². The predicted octanol–water partition coefficient (Wildman–Crippen LogP) is 3.71. The lowest BCUT2D eigenvalue weighted by Gasteiger charge is -2.31. The average molecular weight is 388 g/mol. The lowest BCUT2D eigenvalue weighted by Crippen LogP contribution is -2.38. The summed E-state index contributed by atoms with van der Waals surface area (Å²) in [6.07, 6.45) is 6.91. The van der Waals surface area contributed by atoms with E-state index in [1.807, 2.05) is 23.1 Å². The van der Waals surface area contributed by atoms with Gasteiger partial charge in [-0.3, -0.25) is 4.79 Å². The second kappa shape index (κ2) is 8.34.